The summed E-state index contributed by atoms with van der Waals surface area (Å²) >= 11 is 0. The van der Waals surface area contributed by atoms with E-state index in [1.807, 2.05) is 13.8 Å². The highest BCUT2D eigenvalue weighted by atomic mass is 32.2. The lowest BCUT2D eigenvalue weighted by molar-refractivity contribution is 0.0696. The van der Waals surface area contributed by atoms with Crippen LogP contribution in [-0.4, -0.2) is 31.6 Å². The summed E-state index contributed by atoms with van der Waals surface area (Å²) in [6, 6.07) is 3.76. The zero-order valence-electron chi connectivity index (χ0n) is 12.0. The number of aromatic carboxylic acids is 1. The number of carbonyl (C=O) groups is 1. The van der Waals surface area contributed by atoms with Gasteiger partial charge in [-0.25, -0.2) is 17.9 Å². The number of hydrogen-bond donors (Lipinski definition) is 3. The molecule has 7 heteroatoms. The summed E-state index contributed by atoms with van der Waals surface area (Å²) in [6.07, 6.45) is 0. The first kappa shape index (κ1) is 16.5. The summed E-state index contributed by atoms with van der Waals surface area (Å²) in [4.78, 5) is 10.9. The predicted octanol–water partition coefficient (Wildman–Crippen LogP) is 1.89. The van der Waals surface area contributed by atoms with Crippen LogP contribution in [0, 0.1) is 0 Å². The molecule has 20 heavy (non-hydrogen) atoms. The molecule has 0 bridgehead atoms. The largest absolute Gasteiger partial charge is 0.478 e. The quantitative estimate of drug-likeness (QED) is 0.745. The van der Waals surface area contributed by atoms with E-state index in [-0.39, 0.29) is 22.5 Å². The molecule has 0 saturated carbocycles. The van der Waals surface area contributed by atoms with Gasteiger partial charge in [0.15, 0.2) is 0 Å². The van der Waals surface area contributed by atoms with Gasteiger partial charge in [-0.05, 0) is 45.9 Å². The Morgan fingerprint density at radius 2 is 1.75 bits per heavy atom. The van der Waals surface area contributed by atoms with Crippen LogP contribution in [0.3, 0.4) is 0 Å². The van der Waals surface area contributed by atoms with Crippen LogP contribution < -0.4 is 10.0 Å². The molecule has 1 aromatic rings. The fourth-order valence-corrected chi connectivity index (χ4v) is 3.13. The Kier molecular flexibility index (Phi) is 5.13. The van der Waals surface area contributed by atoms with Crippen LogP contribution in [0.25, 0.3) is 0 Å². The van der Waals surface area contributed by atoms with Crippen molar-refractivity contribution in [1.29, 1.82) is 0 Å². The van der Waals surface area contributed by atoms with Gasteiger partial charge < -0.3 is 10.4 Å². The molecule has 6 nitrogen and oxygen atoms in total. The van der Waals surface area contributed by atoms with Gasteiger partial charge in [-0.1, -0.05) is 0 Å². The van der Waals surface area contributed by atoms with E-state index >= 15 is 0 Å². The number of rotatable bonds is 6. The van der Waals surface area contributed by atoms with Crippen LogP contribution in [0.2, 0.25) is 0 Å². The lowest BCUT2D eigenvalue weighted by atomic mass is 10.2. The van der Waals surface area contributed by atoms with Crippen molar-refractivity contribution in [2.75, 3.05) is 5.32 Å². The first-order chi connectivity index (χ1) is 9.13. The smallest absolute Gasteiger partial charge is 0.335 e. The Hall–Kier alpha value is -1.60. The summed E-state index contributed by atoms with van der Waals surface area (Å²) in [6.45, 7) is 7.15. The maximum atomic E-state index is 12.3. The minimum absolute atomic E-state index is 0.0266. The van der Waals surface area contributed by atoms with E-state index in [0.29, 0.717) is 5.69 Å². The van der Waals surface area contributed by atoms with Gasteiger partial charge in [-0.15, -0.1) is 0 Å². The molecule has 0 spiro atoms. The highest BCUT2D eigenvalue weighted by Gasteiger charge is 2.22. The van der Waals surface area contributed by atoms with E-state index in [0.717, 1.165) is 6.07 Å². The van der Waals surface area contributed by atoms with E-state index in [1.54, 1.807) is 13.8 Å². The fraction of sp³-hybridized carbons (Fsp3) is 0.462. The van der Waals surface area contributed by atoms with Crippen molar-refractivity contribution in [3.63, 3.8) is 0 Å². The summed E-state index contributed by atoms with van der Waals surface area (Å²) in [5, 5.41) is 12.0. The third-order valence-corrected chi connectivity index (χ3v) is 4.05. The summed E-state index contributed by atoms with van der Waals surface area (Å²) in [5.41, 5.74) is 0.321. The SMILES string of the molecule is CC(C)Nc1ccc(C(=O)O)cc1S(=O)(=O)NC(C)C. The van der Waals surface area contributed by atoms with Crippen molar-refractivity contribution >= 4 is 21.7 Å². The van der Waals surface area contributed by atoms with Gasteiger partial charge in [0, 0.05) is 12.1 Å². The normalized spacial score (nSPS) is 11.9. The molecule has 1 aromatic carbocycles. The van der Waals surface area contributed by atoms with Gasteiger partial charge >= 0.3 is 5.97 Å². The van der Waals surface area contributed by atoms with E-state index in [4.69, 9.17) is 5.11 Å². The highest BCUT2D eigenvalue weighted by molar-refractivity contribution is 7.89. The van der Waals surface area contributed by atoms with Gasteiger partial charge in [0.25, 0.3) is 0 Å². The molecule has 112 valence electrons. The topological polar surface area (TPSA) is 95.5 Å². The number of anilines is 1. The molecule has 0 aliphatic rings. The zero-order chi connectivity index (χ0) is 15.5. The molecule has 0 aliphatic carbocycles. The Labute approximate surface area is 119 Å². The molecule has 0 atom stereocenters. The Balaban J connectivity index is 3.38. The molecule has 3 N–H and O–H groups in total. The highest BCUT2D eigenvalue weighted by Crippen LogP contribution is 2.24. The van der Waals surface area contributed by atoms with Crippen molar-refractivity contribution in [2.45, 2.75) is 44.7 Å². The molecule has 0 amide bonds. The Bertz CT molecular complexity index is 594. The first-order valence-corrected chi connectivity index (χ1v) is 7.78. The number of sulfonamides is 1. The number of carboxylic acid groups (broad SMARTS) is 1. The number of carboxylic acids is 1. The molecule has 1 rings (SSSR count). The van der Waals surface area contributed by atoms with Gasteiger partial charge in [0.2, 0.25) is 10.0 Å². The number of benzene rings is 1. The molecule has 0 fully saturated rings. The lowest BCUT2D eigenvalue weighted by Gasteiger charge is -2.17. The predicted molar refractivity (Wildman–Crippen MR) is 77.6 cm³/mol. The third-order valence-electron chi connectivity index (χ3n) is 2.35. The monoisotopic (exact) mass is 300 g/mol. The van der Waals surface area contributed by atoms with Crippen LogP contribution in [-0.2, 0) is 10.0 Å². The van der Waals surface area contributed by atoms with Crippen molar-refractivity contribution < 1.29 is 18.3 Å². The molecule has 0 aliphatic heterocycles. The van der Waals surface area contributed by atoms with Gasteiger partial charge in [0.1, 0.15) is 4.90 Å². The second-order valence-corrected chi connectivity index (χ2v) is 6.77. The minimum Gasteiger partial charge on any atom is -0.478 e. The maximum absolute atomic E-state index is 12.3. The van der Waals surface area contributed by atoms with E-state index in [2.05, 4.69) is 10.0 Å². The third kappa shape index (κ3) is 4.21. The number of hydrogen-bond acceptors (Lipinski definition) is 4. The average molecular weight is 300 g/mol. The van der Waals surface area contributed by atoms with Crippen molar-refractivity contribution in [3.05, 3.63) is 23.8 Å². The summed E-state index contributed by atoms with van der Waals surface area (Å²) in [7, 11) is -3.77. The first-order valence-electron chi connectivity index (χ1n) is 6.29. The average Bonchev–Trinajstić information content (AvgIpc) is 2.26. The molecular formula is C13H20N2O4S. The second-order valence-electron chi connectivity index (χ2n) is 5.09. The second kappa shape index (κ2) is 6.23. The molecule has 0 aromatic heterocycles. The van der Waals surface area contributed by atoms with Crippen molar-refractivity contribution in [3.8, 4) is 0 Å². The molecule has 0 radical (unpaired) electrons. The maximum Gasteiger partial charge on any atom is 0.335 e. The zero-order valence-corrected chi connectivity index (χ0v) is 12.8. The van der Waals surface area contributed by atoms with Gasteiger partial charge in [0.05, 0.1) is 11.3 Å². The molecule has 0 unspecified atom stereocenters. The van der Waals surface area contributed by atoms with E-state index < -0.39 is 16.0 Å². The number of nitrogens with one attached hydrogen (secondary N) is 2. The minimum atomic E-state index is -3.77. The van der Waals surface area contributed by atoms with Gasteiger partial charge in [-0.3, -0.25) is 0 Å². The Morgan fingerprint density at radius 3 is 2.20 bits per heavy atom. The van der Waals surface area contributed by atoms with Crippen LogP contribution in [0.4, 0.5) is 5.69 Å². The van der Waals surface area contributed by atoms with Crippen LogP contribution >= 0.6 is 0 Å². The summed E-state index contributed by atoms with van der Waals surface area (Å²) < 4.78 is 27.0. The van der Waals surface area contributed by atoms with E-state index in [9.17, 15) is 13.2 Å². The van der Waals surface area contributed by atoms with Crippen LogP contribution in [0.5, 0.6) is 0 Å². The fourth-order valence-electron chi connectivity index (χ4n) is 1.68. The Morgan fingerprint density at radius 1 is 1.15 bits per heavy atom. The van der Waals surface area contributed by atoms with Crippen molar-refractivity contribution in [1.82, 2.24) is 4.72 Å². The molecule has 0 heterocycles. The standard InChI is InChI=1S/C13H20N2O4S/c1-8(2)14-11-6-5-10(13(16)17)7-12(11)20(18,19)15-9(3)4/h5-9,14-15H,1-4H3,(H,16,17). The molecule has 0 saturated heterocycles. The summed E-state index contributed by atoms with van der Waals surface area (Å²) in [5.74, 6) is -1.16. The van der Waals surface area contributed by atoms with E-state index in [1.165, 1.54) is 12.1 Å². The van der Waals surface area contributed by atoms with Gasteiger partial charge in [-0.2, -0.15) is 0 Å². The van der Waals surface area contributed by atoms with Crippen LogP contribution in [0.1, 0.15) is 38.1 Å². The lowest BCUT2D eigenvalue weighted by Crippen LogP contribution is -2.31. The molecular weight excluding hydrogens is 280 g/mol. The van der Waals surface area contributed by atoms with Crippen molar-refractivity contribution in [2.24, 2.45) is 0 Å². The van der Waals surface area contributed by atoms with Crippen LogP contribution in [0.15, 0.2) is 23.1 Å².